The number of hydrogen-bond donors (Lipinski definition) is 0. The van der Waals surface area contributed by atoms with E-state index in [1.807, 2.05) is 0 Å². The summed E-state index contributed by atoms with van der Waals surface area (Å²) >= 11 is 0. The fourth-order valence-electron chi connectivity index (χ4n) is 3.10. The van der Waals surface area contributed by atoms with Gasteiger partial charge in [0.25, 0.3) is 5.69 Å². The molecule has 0 bridgehead atoms. The van der Waals surface area contributed by atoms with Gasteiger partial charge in [0.05, 0.1) is 10.8 Å². The van der Waals surface area contributed by atoms with Crippen LogP contribution < -0.4 is 0 Å². The van der Waals surface area contributed by atoms with E-state index in [1.165, 1.54) is 12.1 Å². The first-order chi connectivity index (χ1) is 9.66. The lowest BCUT2D eigenvalue weighted by atomic mass is 9.88. The second kappa shape index (κ2) is 5.11. The zero-order chi connectivity index (χ0) is 14.1. The number of nitrogens with zero attached hydrogens (tertiary/aromatic N) is 2. The summed E-state index contributed by atoms with van der Waals surface area (Å²) in [6.45, 7) is 0. The van der Waals surface area contributed by atoms with Gasteiger partial charge in [-0.05, 0) is 18.4 Å². The van der Waals surface area contributed by atoms with Gasteiger partial charge in [0.1, 0.15) is 6.10 Å². The van der Waals surface area contributed by atoms with Gasteiger partial charge in [-0.15, -0.1) is 0 Å². The van der Waals surface area contributed by atoms with Crippen molar-refractivity contribution in [2.45, 2.75) is 38.2 Å². The molecular formula is C14H16N2O4. The van der Waals surface area contributed by atoms with Crippen LogP contribution in [0.25, 0.3) is 0 Å². The molecule has 0 amide bonds. The van der Waals surface area contributed by atoms with Gasteiger partial charge in [-0.25, -0.2) is 0 Å². The van der Waals surface area contributed by atoms with Crippen molar-refractivity contribution >= 4 is 11.4 Å². The molecule has 1 saturated carbocycles. The molecule has 20 heavy (non-hydrogen) atoms. The first-order valence-corrected chi connectivity index (χ1v) is 6.91. The van der Waals surface area contributed by atoms with E-state index in [0.29, 0.717) is 10.5 Å². The van der Waals surface area contributed by atoms with Crippen molar-refractivity contribution in [3.63, 3.8) is 0 Å². The van der Waals surface area contributed by atoms with Gasteiger partial charge in [0.2, 0.25) is 5.71 Å². The van der Waals surface area contributed by atoms with Gasteiger partial charge >= 0.3 is 0 Å². The van der Waals surface area contributed by atoms with Crippen molar-refractivity contribution in [2.75, 3.05) is 0 Å². The Hall–Kier alpha value is -2.11. The van der Waals surface area contributed by atoms with Crippen LogP contribution in [0.15, 0.2) is 24.3 Å². The number of fused-ring (bicyclic) bond motifs is 1. The number of nitro groups is 1. The molecule has 2 atom stereocenters. The summed E-state index contributed by atoms with van der Waals surface area (Å²) in [6, 6.07) is 6.39. The van der Waals surface area contributed by atoms with E-state index in [0.717, 1.165) is 37.8 Å². The van der Waals surface area contributed by atoms with Crippen LogP contribution in [0.5, 0.6) is 0 Å². The largest absolute Gasteiger partial charge is 0.394 e. The quantitative estimate of drug-likeness (QED) is 0.472. The molecule has 1 aliphatic heterocycles. The molecule has 2 aliphatic rings. The third-order valence-electron chi connectivity index (χ3n) is 4.09. The Bertz CT molecular complexity index is 570. The van der Waals surface area contributed by atoms with Crippen LogP contribution in [0.2, 0.25) is 0 Å². The predicted molar refractivity (Wildman–Crippen MR) is 72.1 cm³/mol. The molecule has 0 aromatic heterocycles. The fraction of sp³-hybridized carbons (Fsp3) is 0.500. The lowest BCUT2D eigenvalue weighted by molar-refractivity contribution is -0.743. The highest BCUT2D eigenvalue weighted by molar-refractivity contribution is 5.83. The molecule has 6 heteroatoms. The number of benzene rings is 1. The normalized spacial score (nSPS) is 25.8. The molecule has 1 fully saturated rings. The van der Waals surface area contributed by atoms with E-state index < -0.39 is 4.92 Å². The van der Waals surface area contributed by atoms with Crippen molar-refractivity contribution in [2.24, 2.45) is 5.92 Å². The lowest BCUT2D eigenvalue weighted by Crippen LogP contribution is -2.16. The molecule has 1 aromatic carbocycles. The maximum atomic E-state index is 11.9. The van der Waals surface area contributed by atoms with Gasteiger partial charge in [0.15, 0.2) is 0 Å². The Morgan fingerprint density at radius 3 is 2.95 bits per heavy atom. The number of non-ortho nitro benzene ring substituents is 1. The lowest BCUT2D eigenvalue weighted by Gasteiger charge is -2.18. The van der Waals surface area contributed by atoms with Crippen LogP contribution >= 0.6 is 0 Å². The van der Waals surface area contributed by atoms with E-state index >= 15 is 0 Å². The van der Waals surface area contributed by atoms with Crippen molar-refractivity contribution in [1.82, 2.24) is 0 Å². The Morgan fingerprint density at radius 1 is 1.30 bits per heavy atom. The maximum Gasteiger partial charge on any atom is 0.269 e. The molecule has 1 aromatic rings. The second-order valence-electron chi connectivity index (χ2n) is 5.33. The van der Waals surface area contributed by atoms with E-state index in [1.54, 1.807) is 12.1 Å². The molecule has 6 nitrogen and oxygen atoms in total. The van der Waals surface area contributed by atoms with Gasteiger partial charge in [-0.2, -0.15) is 0 Å². The minimum absolute atomic E-state index is 0.0330. The van der Waals surface area contributed by atoms with E-state index in [4.69, 9.17) is 4.84 Å². The first-order valence-electron chi connectivity index (χ1n) is 6.91. The Kier molecular flexibility index (Phi) is 3.30. The Balaban J connectivity index is 1.91. The second-order valence-corrected chi connectivity index (χ2v) is 5.33. The van der Waals surface area contributed by atoms with Crippen LogP contribution in [-0.2, 0) is 4.84 Å². The topological polar surface area (TPSA) is 78.4 Å². The van der Waals surface area contributed by atoms with Crippen LogP contribution in [0.4, 0.5) is 5.69 Å². The van der Waals surface area contributed by atoms with Gasteiger partial charge in [-0.1, -0.05) is 25.0 Å². The average molecular weight is 276 g/mol. The van der Waals surface area contributed by atoms with E-state index in [2.05, 4.69) is 0 Å². The summed E-state index contributed by atoms with van der Waals surface area (Å²) in [6.07, 6.45) is 4.48. The highest BCUT2D eigenvalue weighted by Crippen LogP contribution is 2.39. The third kappa shape index (κ3) is 2.21. The van der Waals surface area contributed by atoms with Gasteiger partial charge in [-0.3, -0.25) is 15.3 Å². The predicted octanol–water partition coefficient (Wildman–Crippen LogP) is 3.11. The monoisotopic (exact) mass is 276 g/mol. The van der Waals surface area contributed by atoms with Gasteiger partial charge in [0, 0.05) is 23.5 Å². The molecule has 0 unspecified atom stereocenters. The number of rotatable bonds is 2. The number of hydrogen-bond acceptors (Lipinski definition) is 4. The summed E-state index contributed by atoms with van der Waals surface area (Å²) in [4.78, 5) is 16.5. The van der Waals surface area contributed by atoms with E-state index in [9.17, 15) is 15.3 Å². The highest BCUT2D eigenvalue weighted by atomic mass is 16.9. The van der Waals surface area contributed by atoms with Crippen LogP contribution in [-0.4, -0.2) is 15.5 Å². The first kappa shape index (κ1) is 12.9. The van der Waals surface area contributed by atoms with Crippen molar-refractivity contribution < 1.29 is 14.7 Å². The van der Waals surface area contributed by atoms with Gasteiger partial charge < -0.3 is 4.84 Å². The molecule has 1 aliphatic carbocycles. The highest BCUT2D eigenvalue weighted by Gasteiger charge is 2.41. The summed E-state index contributed by atoms with van der Waals surface area (Å²) < 4.78 is 0. The molecule has 0 spiro atoms. The van der Waals surface area contributed by atoms with Crippen molar-refractivity contribution in [1.29, 1.82) is 0 Å². The van der Waals surface area contributed by atoms with Crippen LogP contribution in [0.3, 0.4) is 0 Å². The van der Waals surface area contributed by atoms with Crippen molar-refractivity contribution in [3.05, 3.63) is 45.2 Å². The minimum Gasteiger partial charge on any atom is -0.394 e. The Morgan fingerprint density at radius 2 is 2.15 bits per heavy atom. The molecule has 1 heterocycles. The molecule has 0 radical (unpaired) electrons. The fourth-order valence-corrected chi connectivity index (χ4v) is 3.10. The standard InChI is InChI=1S/C14H16N2O4/c17-15(18)11-6-4-5-10(9-11)14-12-7-2-1-3-8-13(12)16(19)20-14/h4-6,9,12,14H,1-3,7-8H2/t12-,14+/m0/s1. The van der Waals surface area contributed by atoms with Crippen LogP contribution in [0, 0.1) is 21.2 Å². The molecule has 0 N–H and O–H groups in total. The van der Waals surface area contributed by atoms with E-state index in [-0.39, 0.29) is 17.7 Å². The van der Waals surface area contributed by atoms with Crippen molar-refractivity contribution in [3.8, 4) is 0 Å². The summed E-state index contributed by atoms with van der Waals surface area (Å²) in [7, 11) is 0. The Labute approximate surface area is 116 Å². The molecule has 3 rings (SSSR count). The summed E-state index contributed by atoms with van der Waals surface area (Å²) in [5, 5.41) is 22.7. The molecule has 106 valence electrons. The zero-order valence-corrected chi connectivity index (χ0v) is 11.0. The average Bonchev–Trinajstić information content (AvgIpc) is 2.65. The number of nitro benzene ring substituents is 1. The SMILES string of the molecule is O=[N+]([O-])c1cccc([C@H]2O[N+]([O-])=C3CCCCC[C@@H]32)c1. The minimum atomic E-state index is -0.425. The maximum absolute atomic E-state index is 11.9. The summed E-state index contributed by atoms with van der Waals surface area (Å²) in [5.41, 5.74) is 1.53. The smallest absolute Gasteiger partial charge is 0.269 e. The van der Waals surface area contributed by atoms with Crippen LogP contribution in [0.1, 0.15) is 43.8 Å². The third-order valence-corrected chi connectivity index (χ3v) is 4.09. The summed E-state index contributed by atoms with van der Waals surface area (Å²) in [5.74, 6) is 0.0528. The zero-order valence-electron chi connectivity index (χ0n) is 11.0. The molecular weight excluding hydrogens is 260 g/mol. The molecule has 0 saturated heterocycles.